The van der Waals surface area contributed by atoms with Crippen LogP contribution < -0.4 is 10.9 Å². The van der Waals surface area contributed by atoms with Gasteiger partial charge in [-0.3, -0.25) is 20.3 Å². The normalized spacial score (nSPS) is 10.6. The number of aryl methyl sites for hydroxylation is 1. The zero-order chi connectivity index (χ0) is 16.1. The molecule has 10 heteroatoms. The number of hydrogen-bond donors (Lipinski definition) is 2. The van der Waals surface area contributed by atoms with Crippen LogP contribution >= 0.6 is 0 Å². The summed E-state index contributed by atoms with van der Waals surface area (Å²) in [6.45, 7) is 3.04. The van der Waals surface area contributed by atoms with Crippen LogP contribution in [0.5, 0.6) is 0 Å². The van der Waals surface area contributed by atoms with Crippen molar-refractivity contribution < 1.29 is 9.72 Å². The zero-order valence-corrected chi connectivity index (χ0v) is 11.8. The van der Waals surface area contributed by atoms with E-state index in [9.17, 15) is 14.9 Å². The van der Waals surface area contributed by atoms with Gasteiger partial charge in [-0.05, 0) is 24.6 Å². The summed E-state index contributed by atoms with van der Waals surface area (Å²) >= 11 is 0. The van der Waals surface area contributed by atoms with E-state index in [1.807, 2.05) is 0 Å². The van der Waals surface area contributed by atoms with Crippen LogP contribution in [0.25, 0.3) is 0 Å². The lowest BCUT2D eigenvalue weighted by molar-refractivity contribution is -0.384. The molecule has 2 rings (SSSR count). The van der Waals surface area contributed by atoms with E-state index < -0.39 is 4.92 Å². The Morgan fingerprint density at radius 1 is 1.36 bits per heavy atom. The van der Waals surface area contributed by atoms with Crippen molar-refractivity contribution in [2.75, 3.05) is 10.9 Å². The molecule has 0 unspecified atom stereocenters. The van der Waals surface area contributed by atoms with Crippen LogP contribution in [0.3, 0.4) is 0 Å². The van der Waals surface area contributed by atoms with Crippen molar-refractivity contribution in [3.05, 3.63) is 45.8 Å². The highest BCUT2D eigenvalue weighted by atomic mass is 16.6. The molecule has 0 atom stereocenters. The Bertz CT molecular complexity index is 721. The Hall–Kier alpha value is -3.30. The van der Waals surface area contributed by atoms with Gasteiger partial charge in [-0.15, -0.1) is 10.2 Å². The van der Waals surface area contributed by atoms with Gasteiger partial charge in [0.1, 0.15) is 0 Å². The number of hydrogen-bond acceptors (Lipinski definition) is 7. The molecular formula is C12H13N7O3. The van der Waals surface area contributed by atoms with Gasteiger partial charge in [-0.25, -0.2) is 10.1 Å². The molecule has 1 aromatic carbocycles. The lowest BCUT2D eigenvalue weighted by Crippen LogP contribution is -2.22. The molecule has 1 aromatic heterocycles. The number of non-ortho nitro benzene ring substituents is 1. The highest BCUT2D eigenvalue weighted by Gasteiger charge is 2.08. The summed E-state index contributed by atoms with van der Waals surface area (Å²) < 4.78 is 1.36. The number of nitrogens with one attached hydrogen (secondary N) is 2. The van der Waals surface area contributed by atoms with Crippen molar-refractivity contribution in [1.82, 2.24) is 14.9 Å². The summed E-state index contributed by atoms with van der Waals surface area (Å²) in [6, 6.07) is 5.89. The SMILES string of the molecule is CC(=O)Nn1c(C)nnc1N/N=C/c1ccc([N+](=O)[O-])cc1. The third-order valence-corrected chi connectivity index (χ3v) is 2.58. The van der Waals surface area contributed by atoms with Crippen molar-refractivity contribution in [1.29, 1.82) is 0 Å². The van der Waals surface area contributed by atoms with Crippen LogP contribution in [0.15, 0.2) is 29.4 Å². The smallest absolute Gasteiger partial charge is 0.269 e. The van der Waals surface area contributed by atoms with E-state index in [1.54, 1.807) is 19.1 Å². The lowest BCUT2D eigenvalue weighted by Gasteiger charge is -2.06. The second kappa shape index (κ2) is 6.43. The molecule has 2 aromatic rings. The molecule has 0 radical (unpaired) electrons. The van der Waals surface area contributed by atoms with Crippen molar-refractivity contribution in [2.24, 2.45) is 5.10 Å². The van der Waals surface area contributed by atoms with E-state index in [2.05, 4.69) is 26.2 Å². The fourth-order valence-electron chi connectivity index (χ4n) is 1.57. The van der Waals surface area contributed by atoms with Crippen molar-refractivity contribution in [3.8, 4) is 0 Å². The molecule has 0 aliphatic carbocycles. The van der Waals surface area contributed by atoms with Gasteiger partial charge in [0.05, 0.1) is 11.1 Å². The summed E-state index contributed by atoms with van der Waals surface area (Å²) in [5, 5.41) is 22.1. The largest absolute Gasteiger partial charge is 0.274 e. The third-order valence-electron chi connectivity index (χ3n) is 2.58. The van der Waals surface area contributed by atoms with Gasteiger partial charge in [0.15, 0.2) is 5.82 Å². The van der Waals surface area contributed by atoms with E-state index >= 15 is 0 Å². The number of hydrazone groups is 1. The van der Waals surface area contributed by atoms with E-state index in [-0.39, 0.29) is 17.5 Å². The molecule has 1 amide bonds. The third kappa shape index (κ3) is 3.62. The maximum Gasteiger partial charge on any atom is 0.269 e. The topological polar surface area (TPSA) is 127 Å². The zero-order valence-electron chi connectivity index (χ0n) is 11.8. The van der Waals surface area contributed by atoms with Gasteiger partial charge in [-0.1, -0.05) is 0 Å². The number of nitro groups is 1. The Morgan fingerprint density at radius 3 is 2.64 bits per heavy atom. The van der Waals surface area contributed by atoms with Crippen LogP contribution in [-0.2, 0) is 4.79 Å². The number of aromatic nitrogens is 3. The second-order valence-corrected chi connectivity index (χ2v) is 4.29. The van der Waals surface area contributed by atoms with Gasteiger partial charge in [0.25, 0.3) is 11.6 Å². The van der Waals surface area contributed by atoms with Crippen LogP contribution in [0.2, 0.25) is 0 Å². The first kappa shape index (κ1) is 15.1. The molecule has 1 heterocycles. The molecule has 0 saturated heterocycles. The van der Waals surface area contributed by atoms with E-state index in [4.69, 9.17) is 0 Å². The minimum atomic E-state index is -0.474. The minimum Gasteiger partial charge on any atom is -0.274 e. The van der Waals surface area contributed by atoms with Crippen LogP contribution in [0.4, 0.5) is 11.6 Å². The summed E-state index contributed by atoms with van der Waals surface area (Å²) in [5.74, 6) is 0.458. The first-order valence-electron chi connectivity index (χ1n) is 6.20. The van der Waals surface area contributed by atoms with Gasteiger partial charge >= 0.3 is 0 Å². The highest BCUT2D eigenvalue weighted by molar-refractivity contribution is 5.82. The molecule has 0 saturated carbocycles. The maximum absolute atomic E-state index is 11.1. The predicted molar refractivity (Wildman–Crippen MR) is 79.1 cm³/mol. The molecule has 22 heavy (non-hydrogen) atoms. The van der Waals surface area contributed by atoms with Crippen LogP contribution in [-0.4, -0.2) is 31.9 Å². The number of rotatable bonds is 5. The van der Waals surface area contributed by atoms with Crippen molar-refractivity contribution in [3.63, 3.8) is 0 Å². The molecule has 2 N–H and O–H groups in total. The standard InChI is InChI=1S/C12H13N7O3/c1-8-14-16-12(18(8)17-9(2)20)15-13-7-10-3-5-11(6-4-10)19(21)22/h3-7H,1-2H3,(H,15,16)(H,17,20)/b13-7+. The van der Waals surface area contributed by atoms with Crippen molar-refractivity contribution in [2.45, 2.75) is 13.8 Å². The first-order valence-corrected chi connectivity index (χ1v) is 6.20. The monoisotopic (exact) mass is 303 g/mol. The molecule has 0 bridgehead atoms. The van der Waals surface area contributed by atoms with Crippen LogP contribution in [0, 0.1) is 17.0 Å². The van der Waals surface area contributed by atoms with Gasteiger partial charge in [0, 0.05) is 19.1 Å². The number of nitro benzene ring substituents is 1. The Balaban J connectivity index is 2.06. The molecule has 10 nitrogen and oxygen atoms in total. The summed E-state index contributed by atoms with van der Waals surface area (Å²) in [7, 11) is 0. The molecule has 0 fully saturated rings. The fourth-order valence-corrected chi connectivity index (χ4v) is 1.57. The second-order valence-electron chi connectivity index (χ2n) is 4.29. The Kier molecular flexibility index (Phi) is 4.41. The number of carbonyl (C=O) groups excluding carboxylic acids is 1. The average molecular weight is 303 g/mol. The maximum atomic E-state index is 11.1. The number of nitrogens with zero attached hydrogens (tertiary/aromatic N) is 5. The molecule has 0 spiro atoms. The number of amides is 1. The first-order chi connectivity index (χ1) is 10.5. The molecule has 0 aliphatic heterocycles. The fraction of sp³-hybridized carbons (Fsp3) is 0.167. The average Bonchev–Trinajstić information content (AvgIpc) is 2.80. The quantitative estimate of drug-likeness (QED) is 0.482. The van der Waals surface area contributed by atoms with Gasteiger partial charge in [-0.2, -0.15) is 5.10 Å². The minimum absolute atomic E-state index is 0.00568. The van der Waals surface area contributed by atoms with E-state index in [0.717, 1.165) is 0 Å². The number of carbonyl (C=O) groups is 1. The van der Waals surface area contributed by atoms with Crippen LogP contribution in [0.1, 0.15) is 18.3 Å². The van der Waals surface area contributed by atoms with Gasteiger partial charge < -0.3 is 0 Å². The Labute approximate surface area is 125 Å². The van der Waals surface area contributed by atoms with E-state index in [0.29, 0.717) is 11.4 Å². The summed E-state index contributed by atoms with van der Waals surface area (Å²) in [4.78, 5) is 21.2. The van der Waals surface area contributed by atoms with E-state index in [1.165, 1.54) is 29.9 Å². The predicted octanol–water partition coefficient (Wildman–Crippen LogP) is 1.03. The van der Waals surface area contributed by atoms with Gasteiger partial charge in [0.2, 0.25) is 5.91 Å². The summed E-state index contributed by atoms with van der Waals surface area (Å²) in [5.41, 5.74) is 5.84. The molecular weight excluding hydrogens is 290 g/mol. The molecule has 114 valence electrons. The lowest BCUT2D eigenvalue weighted by atomic mass is 10.2. The molecule has 0 aliphatic rings. The summed E-state index contributed by atoms with van der Waals surface area (Å²) in [6.07, 6.45) is 1.46. The highest BCUT2D eigenvalue weighted by Crippen LogP contribution is 2.10. The number of anilines is 1. The van der Waals surface area contributed by atoms with Crippen molar-refractivity contribution >= 4 is 23.8 Å². The Morgan fingerprint density at radius 2 is 2.05 bits per heavy atom. The number of benzene rings is 1.